The fourth-order valence-corrected chi connectivity index (χ4v) is 1.76. The summed E-state index contributed by atoms with van der Waals surface area (Å²) in [5, 5.41) is 0. The number of hydrogen-bond acceptors (Lipinski definition) is 8. The Bertz CT molecular complexity index is 646. The predicted octanol–water partition coefficient (Wildman–Crippen LogP) is 4.49. The lowest BCUT2D eigenvalue weighted by molar-refractivity contribution is 0.0201. The van der Waals surface area contributed by atoms with Crippen LogP contribution in [-0.2, 0) is 14.2 Å². The van der Waals surface area contributed by atoms with Crippen LogP contribution in [0.5, 0.6) is 11.5 Å². The van der Waals surface area contributed by atoms with Gasteiger partial charge in [-0.25, -0.2) is 14.4 Å². The summed E-state index contributed by atoms with van der Waals surface area (Å²) < 4.78 is 25.2. The smallest absolute Gasteiger partial charge is 0.462 e. The van der Waals surface area contributed by atoms with Crippen molar-refractivity contribution in [2.75, 3.05) is 6.61 Å². The van der Waals surface area contributed by atoms with Gasteiger partial charge in [0.25, 0.3) is 0 Å². The molecule has 0 radical (unpaired) electrons. The van der Waals surface area contributed by atoms with E-state index in [1.54, 1.807) is 48.5 Å². The van der Waals surface area contributed by atoms with Gasteiger partial charge >= 0.3 is 18.3 Å². The zero-order valence-electron chi connectivity index (χ0n) is 16.7. The zero-order valence-corrected chi connectivity index (χ0v) is 16.7. The van der Waals surface area contributed by atoms with Gasteiger partial charge in [0, 0.05) is 6.07 Å². The lowest BCUT2D eigenvalue weighted by atomic mass is 10.2. The van der Waals surface area contributed by atoms with Crippen molar-refractivity contribution >= 4 is 18.3 Å². The Hall–Kier alpha value is -2.77. The Labute approximate surface area is 158 Å². The van der Waals surface area contributed by atoms with Gasteiger partial charge in [0.1, 0.15) is 22.7 Å². The molecule has 0 amide bonds. The molecule has 1 rings (SSSR count). The number of benzene rings is 1. The molecule has 150 valence electrons. The topological polar surface area (TPSA) is 97.4 Å². The first-order chi connectivity index (χ1) is 12.3. The van der Waals surface area contributed by atoms with Crippen molar-refractivity contribution < 1.29 is 38.1 Å². The molecule has 0 N–H and O–H groups in total. The number of rotatable bonds is 4. The molecule has 0 bridgehead atoms. The van der Waals surface area contributed by atoms with Crippen molar-refractivity contribution in [2.24, 2.45) is 0 Å². The number of ether oxygens (including phenoxy) is 5. The number of carbonyl (C=O) groups excluding carboxylic acids is 3. The first-order valence-electron chi connectivity index (χ1n) is 8.43. The maximum atomic E-state index is 12.0. The fourth-order valence-electron chi connectivity index (χ4n) is 1.76. The maximum Gasteiger partial charge on any atom is 0.514 e. The Kier molecular flexibility index (Phi) is 7.21. The quantitative estimate of drug-likeness (QED) is 0.427. The molecule has 0 aliphatic carbocycles. The fraction of sp³-hybridized carbons (Fsp3) is 0.526. The second-order valence-corrected chi connectivity index (χ2v) is 7.55. The highest BCUT2D eigenvalue weighted by Gasteiger charge is 2.22. The van der Waals surface area contributed by atoms with Gasteiger partial charge in [0.05, 0.1) is 12.2 Å². The number of hydrogen-bond donors (Lipinski definition) is 0. The standard InChI is InChI=1S/C19H26O8/c1-8-23-15(20)12-9-13(24-16(21)26-18(2,3)4)11-14(10-12)25-17(22)27-19(5,6)7/h9-11H,8H2,1-7H3. The monoisotopic (exact) mass is 382 g/mol. The van der Waals surface area contributed by atoms with Crippen LogP contribution in [0.15, 0.2) is 18.2 Å². The summed E-state index contributed by atoms with van der Waals surface area (Å²) in [7, 11) is 0. The van der Waals surface area contributed by atoms with Crippen LogP contribution in [-0.4, -0.2) is 36.1 Å². The molecule has 1 aromatic carbocycles. The van der Waals surface area contributed by atoms with E-state index in [0.29, 0.717) is 0 Å². The van der Waals surface area contributed by atoms with Gasteiger partial charge in [-0.2, -0.15) is 0 Å². The molecule has 8 heteroatoms. The summed E-state index contributed by atoms with van der Waals surface area (Å²) >= 11 is 0. The molecular formula is C19H26O8. The van der Waals surface area contributed by atoms with E-state index >= 15 is 0 Å². The molecule has 0 heterocycles. The highest BCUT2D eigenvalue weighted by atomic mass is 16.7. The molecule has 0 aliphatic heterocycles. The van der Waals surface area contributed by atoms with Crippen LogP contribution in [0.2, 0.25) is 0 Å². The average Bonchev–Trinajstić information content (AvgIpc) is 2.42. The lowest BCUT2D eigenvalue weighted by Crippen LogP contribution is -2.26. The molecule has 0 fully saturated rings. The zero-order chi connectivity index (χ0) is 20.8. The van der Waals surface area contributed by atoms with E-state index < -0.39 is 29.5 Å². The number of carbonyl (C=O) groups is 3. The Morgan fingerprint density at radius 2 is 1.19 bits per heavy atom. The molecule has 0 saturated heterocycles. The van der Waals surface area contributed by atoms with Crippen LogP contribution in [0.3, 0.4) is 0 Å². The maximum absolute atomic E-state index is 12.0. The molecule has 8 nitrogen and oxygen atoms in total. The summed E-state index contributed by atoms with van der Waals surface area (Å²) in [6, 6.07) is 3.82. The van der Waals surface area contributed by atoms with Crippen molar-refractivity contribution in [1.82, 2.24) is 0 Å². The van der Waals surface area contributed by atoms with Gasteiger partial charge in [-0.1, -0.05) is 0 Å². The van der Waals surface area contributed by atoms with E-state index in [2.05, 4.69) is 0 Å². The van der Waals surface area contributed by atoms with Crippen LogP contribution in [0.25, 0.3) is 0 Å². The summed E-state index contributed by atoms with van der Waals surface area (Å²) in [5.74, 6) is -0.761. The molecule has 1 aromatic rings. The normalized spacial score (nSPS) is 11.4. The van der Waals surface area contributed by atoms with Crippen molar-refractivity contribution in [1.29, 1.82) is 0 Å². The molecule has 0 unspecified atom stereocenters. The summed E-state index contributed by atoms with van der Waals surface area (Å²) in [5.41, 5.74) is -1.48. The molecule has 0 saturated carbocycles. The van der Waals surface area contributed by atoms with E-state index in [-0.39, 0.29) is 23.7 Å². The van der Waals surface area contributed by atoms with Crippen LogP contribution in [0, 0.1) is 0 Å². The van der Waals surface area contributed by atoms with E-state index in [1.807, 2.05) is 0 Å². The third kappa shape index (κ3) is 8.94. The molecule has 0 aliphatic rings. The van der Waals surface area contributed by atoms with Crippen molar-refractivity contribution in [2.45, 2.75) is 59.7 Å². The largest absolute Gasteiger partial charge is 0.514 e. The van der Waals surface area contributed by atoms with Gasteiger partial charge in [-0.3, -0.25) is 0 Å². The van der Waals surface area contributed by atoms with Gasteiger partial charge in [-0.15, -0.1) is 0 Å². The average molecular weight is 382 g/mol. The first-order valence-corrected chi connectivity index (χ1v) is 8.43. The van der Waals surface area contributed by atoms with Crippen molar-refractivity contribution in [3.8, 4) is 11.5 Å². The third-order valence-corrected chi connectivity index (χ3v) is 2.57. The molecule has 0 aromatic heterocycles. The van der Waals surface area contributed by atoms with Gasteiger partial charge < -0.3 is 23.7 Å². The van der Waals surface area contributed by atoms with Crippen molar-refractivity contribution in [3.05, 3.63) is 23.8 Å². The number of esters is 1. The van der Waals surface area contributed by atoms with Crippen LogP contribution < -0.4 is 9.47 Å². The molecule has 0 atom stereocenters. The Morgan fingerprint density at radius 1 is 0.778 bits per heavy atom. The summed E-state index contributed by atoms with van der Waals surface area (Å²) in [4.78, 5) is 35.7. The minimum Gasteiger partial charge on any atom is -0.462 e. The van der Waals surface area contributed by atoms with Crippen molar-refractivity contribution in [3.63, 3.8) is 0 Å². The molecular weight excluding hydrogens is 356 g/mol. The minimum absolute atomic E-state index is 0.0384. The predicted molar refractivity (Wildman–Crippen MR) is 96.1 cm³/mol. The second kappa shape index (κ2) is 8.75. The lowest BCUT2D eigenvalue weighted by Gasteiger charge is -2.20. The highest BCUT2D eigenvalue weighted by Crippen LogP contribution is 2.25. The van der Waals surface area contributed by atoms with Gasteiger partial charge in [-0.05, 0) is 60.6 Å². The van der Waals surface area contributed by atoms with Gasteiger partial charge in [0.15, 0.2) is 0 Å². The van der Waals surface area contributed by atoms with E-state index in [4.69, 9.17) is 23.7 Å². The SMILES string of the molecule is CCOC(=O)c1cc(OC(=O)OC(C)(C)C)cc(OC(=O)OC(C)(C)C)c1. The molecule has 0 spiro atoms. The minimum atomic E-state index is -0.966. The molecule has 27 heavy (non-hydrogen) atoms. The van der Waals surface area contributed by atoms with E-state index in [0.717, 1.165) is 0 Å². The van der Waals surface area contributed by atoms with E-state index in [9.17, 15) is 14.4 Å². The summed E-state index contributed by atoms with van der Waals surface area (Å²) in [6.07, 6.45) is -1.93. The van der Waals surface area contributed by atoms with Crippen LogP contribution >= 0.6 is 0 Å². The third-order valence-electron chi connectivity index (χ3n) is 2.57. The van der Waals surface area contributed by atoms with E-state index in [1.165, 1.54) is 18.2 Å². The highest BCUT2D eigenvalue weighted by molar-refractivity contribution is 5.90. The van der Waals surface area contributed by atoms with Gasteiger partial charge in [0.2, 0.25) is 0 Å². The first kappa shape index (κ1) is 22.3. The summed E-state index contributed by atoms with van der Waals surface area (Å²) in [6.45, 7) is 11.9. The Morgan fingerprint density at radius 3 is 1.52 bits per heavy atom. The second-order valence-electron chi connectivity index (χ2n) is 7.55. The Balaban J connectivity index is 3.08. The van der Waals surface area contributed by atoms with Crippen LogP contribution in [0.1, 0.15) is 58.8 Å². The van der Waals surface area contributed by atoms with Crippen LogP contribution in [0.4, 0.5) is 9.59 Å².